The zero-order valence-electron chi connectivity index (χ0n) is 14.9. The van der Waals surface area contributed by atoms with Crippen molar-refractivity contribution in [3.8, 4) is 0 Å². The molecule has 1 atom stereocenters. The Morgan fingerprint density at radius 1 is 0.889 bits per heavy atom. The Labute approximate surface area is 155 Å². The largest absolute Gasteiger partial charge is 0.416 e. The van der Waals surface area contributed by atoms with Gasteiger partial charge in [0.2, 0.25) is 11.8 Å². The highest BCUT2D eigenvalue weighted by Gasteiger charge is 2.30. The molecule has 0 radical (unpaired) electrons. The van der Waals surface area contributed by atoms with Crippen LogP contribution in [-0.2, 0) is 15.8 Å². The van der Waals surface area contributed by atoms with Gasteiger partial charge in [0.05, 0.1) is 5.56 Å². The van der Waals surface area contributed by atoms with Crippen LogP contribution in [0.4, 0.5) is 30.2 Å². The van der Waals surface area contributed by atoms with Crippen LogP contribution in [0.5, 0.6) is 0 Å². The number of amides is 2. The monoisotopic (exact) mass is 379 g/mol. The van der Waals surface area contributed by atoms with Crippen molar-refractivity contribution >= 4 is 28.9 Å². The summed E-state index contributed by atoms with van der Waals surface area (Å²) in [6.45, 7) is 3.38. The molecule has 2 rings (SSSR count). The third kappa shape index (κ3) is 6.02. The number of rotatable bonds is 6. The van der Waals surface area contributed by atoms with Crippen LogP contribution in [0, 0.1) is 0 Å². The molecule has 2 aromatic carbocycles. The average molecular weight is 379 g/mol. The number of carbonyl (C=O) groups excluding carboxylic acids is 2. The summed E-state index contributed by atoms with van der Waals surface area (Å²) < 4.78 is 37.7. The molecule has 8 heteroatoms. The van der Waals surface area contributed by atoms with E-state index in [1.165, 1.54) is 12.1 Å². The van der Waals surface area contributed by atoms with E-state index in [0.717, 1.165) is 12.1 Å². The number of hydrogen-bond donors (Lipinski definition) is 3. The minimum Gasteiger partial charge on any atom is -0.374 e. The number of benzene rings is 2. The maximum atomic E-state index is 12.6. The van der Waals surface area contributed by atoms with Gasteiger partial charge in [-0.25, -0.2) is 0 Å². The third-order valence-corrected chi connectivity index (χ3v) is 3.75. The van der Waals surface area contributed by atoms with E-state index in [1.807, 2.05) is 0 Å². The molecule has 0 aromatic heterocycles. The summed E-state index contributed by atoms with van der Waals surface area (Å²) in [5, 5.41) is 8.26. The summed E-state index contributed by atoms with van der Waals surface area (Å²) in [4.78, 5) is 23.5. The maximum Gasteiger partial charge on any atom is 0.416 e. The molecular formula is C19H20F3N3O2. The zero-order chi connectivity index (χ0) is 20.0. The normalized spacial score (nSPS) is 12.2. The minimum absolute atomic E-state index is 0.0972. The molecule has 27 heavy (non-hydrogen) atoms. The first kappa shape index (κ1) is 20.3. The van der Waals surface area contributed by atoms with E-state index in [4.69, 9.17) is 0 Å². The molecule has 0 aliphatic carbocycles. The lowest BCUT2D eigenvalue weighted by atomic mass is 10.2. The molecule has 0 aliphatic heterocycles. The van der Waals surface area contributed by atoms with E-state index in [1.54, 1.807) is 38.1 Å². The van der Waals surface area contributed by atoms with Gasteiger partial charge in [-0.1, -0.05) is 6.92 Å². The summed E-state index contributed by atoms with van der Waals surface area (Å²) in [5.74, 6) is -0.488. The van der Waals surface area contributed by atoms with Crippen LogP contribution < -0.4 is 16.0 Å². The Hall–Kier alpha value is -3.03. The van der Waals surface area contributed by atoms with Gasteiger partial charge in [0.25, 0.3) is 0 Å². The van der Waals surface area contributed by atoms with Crippen LogP contribution in [0.3, 0.4) is 0 Å². The van der Waals surface area contributed by atoms with Crippen molar-refractivity contribution in [2.75, 3.05) is 16.0 Å². The molecule has 0 heterocycles. The quantitative estimate of drug-likeness (QED) is 0.692. The minimum atomic E-state index is -4.42. The van der Waals surface area contributed by atoms with E-state index >= 15 is 0 Å². The Bertz CT molecular complexity index is 787. The number of alkyl halides is 3. The Morgan fingerprint density at radius 3 is 1.89 bits per heavy atom. The van der Waals surface area contributed by atoms with Crippen molar-refractivity contribution in [3.63, 3.8) is 0 Å². The molecule has 2 amide bonds. The molecule has 144 valence electrons. The smallest absolute Gasteiger partial charge is 0.374 e. The number of nitrogens with one attached hydrogen (secondary N) is 3. The van der Waals surface area contributed by atoms with E-state index in [2.05, 4.69) is 16.0 Å². The van der Waals surface area contributed by atoms with Gasteiger partial charge in [-0.2, -0.15) is 13.2 Å². The highest BCUT2D eigenvalue weighted by molar-refractivity contribution is 5.96. The van der Waals surface area contributed by atoms with E-state index < -0.39 is 23.7 Å². The van der Waals surface area contributed by atoms with Gasteiger partial charge in [-0.3, -0.25) is 9.59 Å². The van der Waals surface area contributed by atoms with Gasteiger partial charge in [0.1, 0.15) is 6.04 Å². The first-order valence-corrected chi connectivity index (χ1v) is 8.33. The second-order valence-electron chi connectivity index (χ2n) is 5.91. The number of carbonyl (C=O) groups is 2. The summed E-state index contributed by atoms with van der Waals surface area (Å²) in [5.41, 5.74) is 0.815. The van der Waals surface area contributed by atoms with Crippen molar-refractivity contribution in [1.82, 2.24) is 0 Å². The van der Waals surface area contributed by atoms with Gasteiger partial charge in [-0.15, -0.1) is 0 Å². The second kappa shape index (κ2) is 8.57. The van der Waals surface area contributed by atoms with E-state index in [9.17, 15) is 22.8 Å². The molecule has 0 saturated carbocycles. The van der Waals surface area contributed by atoms with Crippen LogP contribution in [0.1, 0.15) is 25.8 Å². The number of anilines is 3. The maximum absolute atomic E-state index is 12.6. The fourth-order valence-corrected chi connectivity index (χ4v) is 2.21. The molecule has 0 bridgehead atoms. The third-order valence-electron chi connectivity index (χ3n) is 3.75. The summed E-state index contributed by atoms with van der Waals surface area (Å²) in [7, 11) is 0. The first-order chi connectivity index (χ1) is 12.7. The van der Waals surface area contributed by atoms with Crippen LogP contribution in [-0.4, -0.2) is 17.9 Å². The fraction of sp³-hybridized carbons (Fsp3) is 0.263. The van der Waals surface area contributed by atoms with E-state index in [0.29, 0.717) is 17.8 Å². The van der Waals surface area contributed by atoms with Gasteiger partial charge in [0.15, 0.2) is 0 Å². The molecule has 0 spiro atoms. The van der Waals surface area contributed by atoms with Gasteiger partial charge in [-0.05, 0) is 55.5 Å². The molecular weight excluding hydrogens is 359 g/mol. The lowest BCUT2D eigenvalue weighted by molar-refractivity contribution is -0.137. The van der Waals surface area contributed by atoms with E-state index in [-0.39, 0.29) is 11.6 Å². The molecule has 0 aliphatic rings. The highest BCUT2D eigenvalue weighted by Crippen LogP contribution is 2.29. The summed E-state index contributed by atoms with van der Waals surface area (Å²) in [6, 6.07) is 10.5. The lowest BCUT2D eigenvalue weighted by Crippen LogP contribution is -2.31. The fourth-order valence-electron chi connectivity index (χ4n) is 2.21. The predicted octanol–water partition coefficient (Wildman–Crippen LogP) is 4.49. The lowest BCUT2D eigenvalue weighted by Gasteiger charge is -2.16. The zero-order valence-corrected chi connectivity index (χ0v) is 14.9. The van der Waals surface area contributed by atoms with Crippen molar-refractivity contribution < 1.29 is 22.8 Å². The Balaban J connectivity index is 1.92. The van der Waals surface area contributed by atoms with Crippen LogP contribution in [0.15, 0.2) is 48.5 Å². The van der Waals surface area contributed by atoms with Gasteiger partial charge in [0, 0.05) is 23.5 Å². The molecule has 0 saturated heterocycles. The summed E-state index contributed by atoms with van der Waals surface area (Å²) in [6.07, 6.45) is -4.04. The standard InChI is InChI=1S/C19H20F3N3O2/c1-3-17(26)24-15-10-8-14(9-11-15)23-12(2)18(27)25-16-6-4-13(5-7-16)19(20,21)22/h4-12,23H,3H2,1-2H3,(H,24,26)(H,25,27). The first-order valence-electron chi connectivity index (χ1n) is 8.33. The van der Waals surface area contributed by atoms with Crippen molar-refractivity contribution in [1.29, 1.82) is 0 Å². The van der Waals surface area contributed by atoms with Crippen molar-refractivity contribution in [3.05, 3.63) is 54.1 Å². The second-order valence-corrected chi connectivity index (χ2v) is 5.91. The number of hydrogen-bond acceptors (Lipinski definition) is 3. The molecule has 2 aromatic rings. The Morgan fingerprint density at radius 2 is 1.37 bits per heavy atom. The van der Waals surface area contributed by atoms with Gasteiger partial charge >= 0.3 is 6.18 Å². The average Bonchev–Trinajstić information content (AvgIpc) is 2.62. The SMILES string of the molecule is CCC(=O)Nc1ccc(NC(C)C(=O)Nc2ccc(C(F)(F)F)cc2)cc1. The molecule has 3 N–H and O–H groups in total. The summed E-state index contributed by atoms with van der Waals surface area (Å²) >= 11 is 0. The van der Waals surface area contributed by atoms with Crippen LogP contribution in [0.2, 0.25) is 0 Å². The topological polar surface area (TPSA) is 70.2 Å². The van der Waals surface area contributed by atoms with Gasteiger partial charge < -0.3 is 16.0 Å². The number of halogens is 3. The van der Waals surface area contributed by atoms with Crippen molar-refractivity contribution in [2.45, 2.75) is 32.5 Å². The van der Waals surface area contributed by atoms with Crippen LogP contribution >= 0.6 is 0 Å². The predicted molar refractivity (Wildman–Crippen MR) is 98.5 cm³/mol. The van der Waals surface area contributed by atoms with Crippen molar-refractivity contribution in [2.24, 2.45) is 0 Å². The molecule has 1 unspecified atom stereocenters. The van der Waals surface area contributed by atoms with Crippen LogP contribution in [0.25, 0.3) is 0 Å². The molecule has 0 fully saturated rings. The molecule has 5 nitrogen and oxygen atoms in total. The Kier molecular flexibility index (Phi) is 6.44. The highest BCUT2D eigenvalue weighted by atomic mass is 19.4.